The van der Waals surface area contributed by atoms with Gasteiger partial charge in [0.15, 0.2) is 0 Å². The number of hydrogen-bond donors (Lipinski definition) is 1. The van der Waals surface area contributed by atoms with Crippen molar-refractivity contribution in [2.75, 3.05) is 0 Å². The molecule has 67 heavy (non-hydrogen) atoms. The van der Waals surface area contributed by atoms with Crippen LogP contribution in [0, 0.1) is 3.57 Å². The minimum Gasteiger partial charge on any atom is -0.353 e. The minimum absolute atomic E-state index is 1.09. The van der Waals surface area contributed by atoms with E-state index in [0.29, 0.717) is 0 Å². The molecule has 0 spiro atoms. The second-order valence-corrected chi connectivity index (χ2v) is 19.6. The highest BCUT2D eigenvalue weighted by Crippen LogP contribution is 2.43. The molecule has 0 saturated carbocycles. The first-order valence-corrected chi connectivity index (χ1v) is 24.8. The Labute approximate surface area is 417 Å². The first-order valence-electron chi connectivity index (χ1n) is 22.2. The van der Waals surface area contributed by atoms with Crippen LogP contribution in [0.15, 0.2) is 239 Å². The molecule has 1 N–H and O–H groups in total. The monoisotopic (exact) mass is 1100 g/mol. The van der Waals surface area contributed by atoms with Crippen LogP contribution in [0.3, 0.4) is 0 Å². The van der Waals surface area contributed by atoms with Crippen molar-refractivity contribution < 1.29 is 0 Å². The summed E-state index contributed by atoms with van der Waals surface area (Å²) in [6.45, 7) is 0. The van der Waals surface area contributed by atoms with Gasteiger partial charge in [-0.25, -0.2) is 0 Å². The summed E-state index contributed by atoms with van der Waals surface area (Å²) >= 11 is 9.62. The molecule has 0 unspecified atom stereocenters. The van der Waals surface area contributed by atoms with Gasteiger partial charge in [-0.1, -0.05) is 165 Å². The van der Waals surface area contributed by atoms with Gasteiger partial charge in [0.05, 0.1) is 38.6 Å². The third-order valence-electron chi connectivity index (χ3n) is 12.7. The van der Waals surface area contributed by atoms with Gasteiger partial charge < -0.3 is 18.7 Å². The lowest BCUT2D eigenvalue weighted by Crippen LogP contribution is -1.98. The number of nitrogens with one attached hydrogen (secondary N) is 1. The zero-order chi connectivity index (χ0) is 45.0. The molecular weight excluding hydrogens is 1060 g/mol. The van der Waals surface area contributed by atoms with Crippen LogP contribution < -0.4 is 0 Å². The zero-order valence-electron chi connectivity index (χ0n) is 35.9. The van der Waals surface area contributed by atoms with Gasteiger partial charge in [-0.2, -0.15) is 0 Å². The first kappa shape index (κ1) is 41.5. The smallest absolute Gasteiger partial charge is 0.0788 e. The molecule has 14 aromatic rings. The Morgan fingerprint density at radius 1 is 0.313 bits per heavy atom. The Bertz CT molecular complexity index is 4120. The quantitative estimate of drug-likeness (QED) is 0.171. The standard InChI is InChI=1S/C30H19BrN2.C24H15BrN2.C6H5I/c31-20-15-18-28-26(19-20)25-17-16-24-23-13-7-8-14-27(23)32(21-9-3-1-4-10-21)29(24)30(25)33(28)22-11-5-2-6-12-22;25-15-10-13-22-20(14-15)19-12-11-18-17-8-4-5-9-21(17)26-23(18)24(19)27(22)16-6-2-1-3-7-16;7-6-4-2-1-3-5-6/h1-19H;1-14,26H;1-5H. The van der Waals surface area contributed by atoms with E-state index < -0.39 is 0 Å². The lowest BCUT2D eigenvalue weighted by Gasteiger charge is -2.12. The summed E-state index contributed by atoms with van der Waals surface area (Å²) in [5, 5.41) is 10.1. The van der Waals surface area contributed by atoms with E-state index in [4.69, 9.17) is 0 Å². The van der Waals surface area contributed by atoms with E-state index in [2.05, 4.69) is 285 Å². The largest absolute Gasteiger partial charge is 0.353 e. The van der Waals surface area contributed by atoms with Crippen molar-refractivity contribution >= 4 is 142 Å². The molecule has 0 amide bonds. The average Bonchev–Trinajstić information content (AvgIpc) is 4.12. The van der Waals surface area contributed by atoms with Crippen molar-refractivity contribution in [3.63, 3.8) is 0 Å². The van der Waals surface area contributed by atoms with Crippen molar-refractivity contribution in [3.05, 3.63) is 243 Å². The van der Waals surface area contributed by atoms with Gasteiger partial charge in [0.1, 0.15) is 0 Å². The summed E-state index contributed by atoms with van der Waals surface area (Å²) in [6.07, 6.45) is 0. The van der Waals surface area contributed by atoms with Crippen LogP contribution >= 0.6 is 54.5 Å². The molecule has 7 heteroatoms. The summed E-state index contributed by atoms with van der Waals surface area (Å²) in [5.74, 6) is 0. The zero-order valence-corrected chi connectivity index (χ0v) is 41.2. The fraction of sp³-hybridized carbons (Fsp3) is 0. The molecule has 4 nitrogen and oxygen atoms in total. The molecule has 0 saturated heterocycles. The number of fused-ring (bicyclic) bond motifs is 14. The highest BCUT2D eigenvalue weighted by atomic mass is 127. The van der Waals surface area contributed by atoms with Gasteiger partial charge >= 0.3 is 0 Å². The van der Waals surface area contributed by atoms with Crippen LogP contribution in [0.2, 0.25) is 0 Å². The second-order valence-electron chi connectivity index (χ2n) is 16.6. The number of aromatic nitrogens is 4. The predicted molar refractivity (Wildman–Crippen MR) is 300 cm³/mol. The van der Waals surface area contributed by atoms with Gasteiger partial charge in [-0.3, -0.25) is 0 Å². The highest BCUT2D eigenvalue weighted by Gasteiger charge is 2.22. The normalized spacial score (nSPS) is 11.5. The van der Waals surface area contributed by atoms with E-state index in [9.17, 15) is 0 Å². The lowest BCUT2D eigenvalue weighted by atomic mass is 10.1. The van der Waals surface area contributed by atoms with Crippen LogP contribution in [0.25, 0.3) is 104 Å². The Hall–Kier alpha value is -6.91. The molecule has 4 aromatic heterocycles. The first-order chi connectivity index (χ1) is 33.0. The fourth-order valence-electron chi connectivity index (χ4n) is 9.87. The van der Waals surface area contributed by atoms with Gasteiger partial charge in [0, 0.05) is 78.2 Å². The summed E-state index contributed by atoms with van der Waals surface area (Å²) in [5.41, 5.74) is 13.2. The number of aromatic amines is 1. The maximum Gasteiger partial charge on any atom is 0.0788 e. The molecule has 10 aromatic carbocycles. The number of halogens is 3. The van der Waals surface area contributed by atoms with E-state index in [1.165, 1.54) is 102 Å². The third kappa shape index (κ3) is 7.24. The van der Waals surface area contributed by atoms with Crippen LogP contribution in [0.5, 0.6) is 0 Å². The topological polar surface area (TPSA) is 30.6 Å². The Morgan fingerprint density at radius 3 is 1.21 bits per heavy atom. The van der Waals surface area contributed by atoms with E-state index >= 15 is 0 Å². The maximum absolute atomic E-state index is 3.70. The molecule has 0 bridgehead atoms. The molecule has 320 valence electrons. The molecule has 0 aliphatic carbocycles. The number of rotatable bonds is 3. The molecule has 0 fully saturated rings. The van der Waals surface area contributed by atoms with Gasteiger partial charge in [-0.05, 0) is 120 Å². The molecule has 0 aliphatic rings. The van der Waals surface area contributed by atoms with Crippen LogP contribution in [0.4, 0.5) is 0 Å². The van der Waals surface area contributed by atoms with E-state index in [1.54, 1.807) is 0 Å². The number of nitrogens with zero attached hydrogens (tertiary/aromatic N) is 3. The van der Waals surface area contributed by atoms with Crippen LogP contribution in [0.1, 0.15) is 0 Å². The van der Waals surface area contributed by atoms with Gasteiger partial charge in [-0.15, -0.1) is 0 Å². The van der Waals surface area contributed by atoms with E-state index in [0.717, 1.165) is 14.6 Å². The van der Waals surface area contributed by atoms with Gasteiger partial charge in [0.2, 0.25) is 0 Å². The number of benzene rings is 10. The SMILES string of the molecule is Brc1ccc2c(c1)c1ccc3c4ccccc4[nH]c3c1n2-c1ccccc1.Brc1ccc2c(c1)c1ccc3c4ccccc4n(-c4ccccc4)c3c1n2-c1ccccc1.Ic1ccccc1. The van der Waals surface area contributed by atoms with Crippen LogP contribution in [-0.4, -0.2) is 18.7 Å². The summed E-state index contributed by atoms with van der Waals surface area (Å²) in [4.78, 5) is 3.67. The molecule has 0 aliphatic heterocycles. The average molecular weight is 1100 g/mol. The predicted octanol–water partition coefficient (Wildman–Crippen LogP) is 18.1. The van der Waals surface area contributed by atoms with Crippen molar-refractivity contribution in [1.29, 1.82) is 0 Å². The Balaban J connectivity index is 0.000000124. The number of hydrogen-bond acceptors (Lipinski definition) is 0. The number of H-pyrrole nitrogens is 1. The molecule has 0 atom stereocenters. The third-order valence-corrected chi connectivity index (χ3v) is 14.4. The van der Waals surface area contributed by atoms with Crippen molar-refractivity contribution in [2.45, 2.75) is 0 Å². The van der Waals surface area contributed by atoms with Crippen molar-refractivity contribution in [3.8, 4) is 17.1 Å². The molecule has 14 rings (SSSR count). The summed E-state index contributed by atoms with van der Waals surface area (Å²) in [7, 11) is 0. The molecule has 4 heterocycles. The second kappa shape index (κ2) is 17.4. The van der Waals surface area contributed by atoms with E-state index in [1.807, 2.05) is 18.2 Å². The Morgan fingerprint density at radius 2 is 0.701 bits per heavy atom. The minimum atomic E-state index is 1.09. The van der Waals surface area contributed by atoms with E-state index in [-0.39, 0.29) is 0 Å². The lowest BCUT2D eigenvalue weighted by molar-refractivity contribution is 1.15. The van der Waals surface area contributed by atoms with Crippen molar-refractivity contribution in [1.82, 2.24) is 18.7 Å². The summed E-state index contributed by atoms with van der Waals surface area (Å²) < 4.78 is 10.7. The summed E-state index contributed by atoms with van der Waals surface area (Å²) in [6, 6.07) is 81.6. The van der Waals surface area contributed by atoms with Crippen molar-refractivity contribution in [2.24, 2.45) is 0 Å². The number of para-hydroxylation sites is 5. The highest BCUT2D eigenvalue weighted by molar-refractivity contribution is 14.1. The Kier molecular flexibility index (Phi) is 10.8. The maximum atomic E-state index is 3.70. The van der Waals surface area contributed by atoms with Crippen LogP contribution in [-0.2, 0) is 0 Å². The van der Waals surface area contributed by atoms with Gasteiger partial charge in [0.25, 0.3) is 0 Å². The molecule has 0 radical (unpaired) electrons. The molecular formula is C60H39Br2IN4. The fourth-order valence-corrected chi connectivity index (χ4v) is 11.0.